The first kappa shape index (κ1) is 22.4. The molecule has 0 heterocycles. The van der Waals surface area contributed by atoms with Gasteiger partial charge in [-0.1, -0.05) is 62.4 Å². The smallest absolute Gasteiger partial charge is 0.328 e. The molecule has 2 amide bonds. The zero-order valence-electron chi connectivity index (χ0n) is 17.9. The highest BCUT2D eigenvalue weighted by Crippen LogP contribution is 2.26. The summed E-state index contributed by atoms with van der Waals surface area (Å²) in [4.78, 5) is 18.6. The Balaban J connectivity index is 1.86. The number of benzene rings is 2. The summed E-state index contributed by atoms with van der Waals surface area (Å²) in [6.07, 6.45) is 1.74. The fourth-order valence-electron chi connectivity index (χ4n) is 3.12. The quantitative estimate of drug-likeness (QED) is 0.406. The maximum absolute atomic E-state index is 12.8. The maximum Gasteiger partial charge on any atom is 0.328 e. The first-order valence-electron chi connectivity index (χ1n) is 10.1. The number of anilines is 1. The largest absolute Gasteiger partial charge is 0.375 e. The van der Waals surface area contributed by atoms with E-state index in [9.17, 15) is 4.79 Å². The van der Waals surface area contributed by atoms with Crippen LogP contribution in [-0.2, 0) is 24.2 Å². The van der Waals surface area contributed by atoms with Crippen molar-refractivity contribution in [3.63, 3.8) is 0 Å². The molecule has 2 rings (SSSR count). The Morgan fingerprint density at radius 3 is 2.28 bits per heavy atom. The number of aryl methyl sites for hydroxylation is 2. The number of guanidine groups is 1. The van der Waals surface area contributed by atoms with Crippen LogP contribution in [0.5, 0.6) is 0 Å². The summed E-state index contributed by atoms with van der Waals surface area (Å²) in [5.74, 6) is 0.428. The van der Waals surface area contributed by atoms with Gasteiger partial charge in [-0.3, -0.25) is 15.2 Å². The number of carbonyl (C=O) groups excluding carboxylic acids is 1. The highest BCUT2D eigenvalue weighted by molar-refractivity contribution is 6.04. The molecule has 0 saturated carbocycles. The highest BCUT2D eigenvalue weighted by Gasteiger charge is 2.18. The van der Waals surface area contributed by atoms with Crippen molar-refractivity contribution in [3.8, 4) is 0 Å². The van der Waals surface area contributed by atoms with E-state index < -0.39 is 0 Å². The Labute approximate surface area is 174 Å². The van der Waals surface area contributed by atoms with Gasteiger partial charge in [0.05, 0.1) is 18.9 Å². The maximum atomic E-state index is 12.8. The van der Waals surface area contributed by atoms with Gasteiger partial charge < -0.3 is 10.1 Å². The molecule has 2 N–H and O–H groups in total. The first-order chi connectivity index (χ1) is 14.1. The Kier molecular flexibility index (Phi) is 9.18. The predicted octanol–water partition coefficient (Wildman–Crippen LogP) is 3.75. The molecule has 0 aliphatic carbocycles. The minimum Gasteiger partial charge on any atom is -0.375 e. The molecule has 0 fully saturated rings. The lowest BCUT2D eigenvalue weighted by molar-refractivity contribution is 0.125. The second kappa shape index (κ2) is 11.9. The second-order valence-electron chi connectivity index (χ2n) is 6.66. The topological polar surface area (TPSA) is 66.0 Å². The van der Waals surface area contributed by atoms with Gasteiger partial charge in [0, 0.05) is 20.6 Å². The SMILES string of the molecule is CCc1cccc(CC)c1N(C)C(=O)NC(=NC)NCCOCc1ccccc1. The van der Waals surface area contributed by atoms with Crippen LogP contribution in [0.25, 0.3) is 0 Å². The average molecular weight is 397 g/mol. The molecule has 0 saturated heterocycles. The van der Waals surface area contributed by atoms with E-state index in [1.807, 2.05) is 36.4 Å². The minimum atomic E-state index is -0.223. The van der Waals surface area contributed by atoms with Gasteiger partial charge in [-0.15, -0.1) is 0 Å². The third-order valence-electron chi connectivity index (χ3n) is 4.70. The zero-order chi connectivity index (χ0) is 21.1. The van der Waals surface area contributed by atoms with Gasteiger partial charge >= 0.3 is 6.03 Å². The van der Waals surface area contributed by atoms with Crippen LogP contribution >= 0.6 is 0 Å². The van der Waals surface area contributed by atoms with Crippen molar-refractivity contribution in [2.45, 2.75) is 33.3 Å². The molecule has 0 aliphatic heterocycles. The number of carbonyl (C=O) groups is 1. The molecule has 156 valence electrons. The normalized spacial score (nSPS) is 11.2. The molecule has 2 aromatic carbocycles. The van der Waals surface area contributed by atoms with E-state index in [1.165, 1.54) is 0 Å². The van der Waals surface area contributed by atoms with E-state index in [2.05, 4.69) is 41.6 Å². The van der Waals surface area contributed by atoms with Crippen molar-refractivity contribution >= 4 is 17.7 Å². The molecular formula is C23H32N4O2. The highest BCUT2D eigenvalue weighted by atomic mass is 16.5. The van der Waals surface area contributed by atoms with Crippen LogP contribution in [-0.4, -0.2) is 39.2 Å². The summed E-state index contributed by atoms with van der Waals surface area (Å²) in [5, 5.41) is 5.96. The van der Waals surface area contributed by atoms with Crippen molar-refractivity contribution < 1.29 is 9.53 Å². The lowest BCUT2D eigenvalue weighted by Crippen LogP contribution is -2.47. The lowest BCUT2D eigenvalue weighted by Gasteiger charge is -2.24. The number of nitrogens with one attached hydrogen (secondary N) is 2. The summed E-state index contributed by atoms with van der Waals surface area (Å²) < 4.78 is 5.66. The number of rotatable bonds is 8. The molecule has 0 atom stereocenters. The molecule has 0 aromatic heterocycles. The fourth-order valence-corrected chi connectivity index (χ4v) is 3.12. The summed E-state index contributed by atoms with van der Waals surface area (Å²) in [7, 11) is 3.43. The van der Waals surface area contributed by atoms with Crippen LogP contribution in [0.4, 0.5) is 10.5 Å². The fraction of sp³-hybridized carbons (Fsp3) is 0.391. The van der Waals surface area contributed by atoms with E-state index >= 15 is 0 Å². The van der Waals surface area contributed by atoms with Crippen LogP contribution in [0.15, 0.2) is 53.5 Å². The van der Waals surface area contributed by atoms with Crippen molar-refractivity contribution in [2.75, 3.05) is 32.1 Å². The monoisotopic (exact) mass is 396 g/mol. The van der Waals surface area contributed by atoms with Gasteiger partial charge in [-0.05, 0) is 29.5 Å². The molecule has 6 heteroatoms. The Morgan fingerprint density at radius 1 is 1.03 bits per heavy atom. The summed E-state index contributed by atoms with van der Waals surface area (Å²) in [6, 6.07) is 16.0. The van der Waals surface area contributed by atoms with Gasteiger partial charge in [0.2, 0.25) is 0 Å². The first-order valence-corrected chi connectivity index (χ1v) is 10.1. The van der Waals surface area contributed by atoms with Gasteiger partial charge in [0.15, 0.2) is 5.96 Å². The van der Waals surface area contributed by atoms with Crippen LogP contribution < -0.4 is 15.5 Å². The molecule has 0 spiro atoms. The average Bonchev–Trinajstić information content (AvgIpc) is 2.77. The number of ether oxygens (including phenoxy) is 1. The van der Waals surface area contributed by atoms with Gasteiger partial charge in [0.1, 0.15) is 0 Å². The summed E-state index contributed by atoms with van der Waals surface area (Å²) in [5.41, 5.74) is 4.41. The van der Waals surface area contributed by atoms with E-state index in [0.29, 0.717) is 25.7 Å². The molecule has 0 unspecified atom stereocenters. The number of amides is 2. The number of hydrogen-bond donors (Lipinski definition) is 2. The van der Waals surface area contributed by atoms with E-state index in [1.54, 1.807) is 19.0 Å². The third kappa shape index (κ3) is 6.61. The van der Waals surface area contributed by atoms with E-state index in [0.717, 1.165) is 35.2 Å². The Bertz CT molecular complexity index is 784. The van der Waals surface area contributed by atoms with Crippen molar-refractivity contribution in [3.05, 3.63) is 65.2 Å². The van der Waals surface area contributed by atoms with Crippen molar-refractivity contribution in [1.29, 1.82) is 0 Å². The Morgan fingerprint density at radius 2 is 1.69 bits per heavy atom. The third-order valence-corrected chi connectivity index (χ3v) is 4.70. The number of urea groups is 1. The standard InChI is InChI=1S/C23H32N4O2/c1-5-19-13-10-14-20(6-2)21(19)27(4)23(28)26-22(24-3)25-15-16-29-17-18-11-8-7-9-12-18/h7-14H,5-6,15-17H2,1-4H3,(H2,24,25,26,28). The number of para-hydroxylation sites is 1. The van der Waals surface area contributed by atoms with Crippen molar-refractivity contribution in [1.82, 2.24) is 10.6 Å². The molecule has 0 bridgehead atoms. The predicted molar refractivity (Wildman–Crippen MR) is 120 cm³/mol. The molecule has 29 heavy (non-hydrogen) atoms. The van der Waals surface area contributed by atoms with Crippen molar-refractivity contribution in [2.24, 2.45) is 4.99 Å². The summed E-state index contributed by atoms with van der Waals surface area (Å²) in [6.45, 7) is 5.82. The lowest BCUT2D eigenvalue weighted by atomic mass is 10.0. The van der Waals surface area contributed by atoms with Crippen LogP contribution in [0.1, 0.15) is 30.5 Å². The van der Waals surface area contributed by atoms with Crippen LogP contribution in [0.2, 0.25) is 0 Å². The molecule has 6 nitrogen and oxygen atoms in total. The molecule has 0 aliphatic rings. The van der Waals surface area contributed by atoms with Gasteiger partial charge in [-0.2, -0.15) is 0 Å². The number of aliphatic imine (C=N–C) groups is 1. The van der Waals surface area contributed by atoms with E-state index in [4.69, 9.17) is 4.74 Å². The number of nitrogens with zero attached hydrogens (tertiary/aromatic N) is 2. The molecular weight excluding hydrogens is 364 g/mol. The number of hydrogen-bond acceptors (Lipinski definition) is 3. The second-order valence-corrected chi connectivity index (χ2v) is 6.66. The zero-order valence-corrected chi connectivity index (χ0v) is 17.9. The minimum absolute atomic E-state index is 0.223. The molecule has 0 radical (unpaired) electrons. The van der Waals surface area contributed by atoms with Gasteiger partial charge in [0.25, 0.3) is 0 Å². The Hall–Kier alpha value is -2.86. The van der Waals surface area contributed by atoms with Gasteiger partial charge in [-0.25, -0.2) is 4.79 Å². The van der Waals surface area contributed by atoms with E-state index in [-0.39, 0.29) is 6.03 Å². The molecule has 2 aromatic rings. The van der Waals surface area contributed by atoms with Crippen LogP contribution in [0.3, 0.4) is 0 Å². The summed E-state index contributed by atoms with van der Waals surface area (Å²) >= 11 is 0. The van der Waals surface area contributed by atoms with Crippen LogP contribution in [0, 0.1) is 0 Å².